The molecule has 0 radical (unpaired) electrons. The number of carbonyl (C=O) groups excluding carboxylic acids is 1. The van der Waals surface area contributed by atoms with Gasteiger partial charge in [0, 0.05) is 68.8 Å². The first-order chi connectivity index (χ1) is 15.6. The molecule has 1 atom stereocenters. The second-order valence-electron chi connectivity index (χ2n) is 9.05. The molecular formula is C24H28N6O2. The standard InChI is InChI=1S/C24H28N6O2/c1-16(31)28-8-6-23-21(14-28)24(26-30(23)20-7-10-32-15-20)29-9-5-18-11-17(3-4-22(18)29)19-12-25-27(2)13-19/h3-4,11-13,20H,5-10,14-15H2,1-2H3. The maximum absolute atomic E-state index is 12.1. The average Bonchev–Trinajstić information content (AvgIpc) is 3.58. The number of amides is 1. The van der Waals surface area contributed by atoms with Gasteiger partial charge in [0.25, 0.3) is 0 Å². The normalized spacial score (nSPS) is 20.0. The lowest BCUT2D eigenvalue weighted by Crippen LogP contribution is -2.35. The number of ether oxygens (including phenoxy) is 1. The van der Waals surface area contributed by atoms with E-state index in [2.05, 4.69) is 32.9 Å². The minimum Gasteiger partial charge on any atom is -0.379 e. The van der Waals surface area contributed by atoms with E-state index < -0.39 is 0 Å². The molecule has 3 aromatic rings. The summed E-state index contributed by atoms with van der Waals surface area (Å²) < 4.78 is 9.70. The van der Waals surface area contributed by atoms with Gasteiger partial charge in [-0.25, -0.2) is 0 Å². The van der Waals surface area contributed by atoms with Gasteiger partial charge in [0.05, 0.1) is 25.4 Å². The van der Waals surface area contributed by atoms with Crippen molar-refractivity contribution in [2.24, 2.45) is 7.05 Å². The average molecular weight is 433 g/mol. The first-order valence-corrected chi connectivity index (χ1v) is 11.4. The molecular weight excluding hydrogens is 404 g/mol. The zero-order valence-electron chi connectivity index (χ0n) is 18.6. The van der Waals surface area contributed by atoms with Gasteiger partial charge in [-0.1, -0.05) is 6.07 Å². The first-order valence-electron chi connectivity index (χ1n) is 11.4. The van der Waals surface area contributed by atoms with Gasteiger partial charge in [-0.2, -0.15) is 10.2 Å². The number of nitrogens with zero attached hydrogens (tertiary/aromatic N) is 6. The molecule has 0 bridgehead atoms. The van der Waals surface area contributed by atoms with Gasteiger partial charge in [-0.05, 0) is 36.1 Å². The second-order valence-corrected chi connectivity index (χ2v) is 9.05. The summed E-state index contributed by atoms with van der Waals surface area (Å²) in [6.07, 6.45) is 6.78. The van der Waals surface area contributed by atoms with E-state index in [4.69, 9.17) is 9.84 Å². The van der Waals surface area contributed by atoms with Gasteiger partial charge in [0.1, 0.15) is 0 Å². The van der Waals surface area contributed by atoms with Crippen LogP contribution in [0.15, 0.2) is 30.6 Å². The summed E-state index contributed by atoms with van der Waals surface area (Å²) in [5, 5.41) is 9.45. The Hall–Kier alpha value is -3.13. The smallest absolute Gasteiger partial charge is 0.219 e. The van der Waals surface area contributed by atoms with Crippen LogP contribution >= 0.6 is 0 Å². The summed E-state index contributed by atoms with van der Waals surface area (Å²) in [4.78, 5) is 16.4. The maximum Gasteiger partial charge on any atom is 0.219 e. The van der Waals surface area contributed by atoms with E-state index in [-0.39, 0.29) is 11.9 Å². The molecule has 5 heterocycles. The Kier molecular flexibility index (Phi) is 4.57. The Balaban J connectivity index is 1.39. The Bertz CT molecular complexity index is 1190. The third-order valence-corrected chi connectivity index (χ3v) is 7.03. The van der Waals surface area contributed by atoms with Crippen molar-refractivity contribution in [3.63, 3.8) is 0 Å². The van der Waals surface area contributed by atoms with Gasteiger partial charge >= 0.3 is 0 Å². The molecule has 1 unspecified atom stereocenters. The number of benzene rings is 1. The monoisotopic (exact) mass is 432 g/mol. The zero-order valence-corrected chi connectivity index (χ0v) is 18.6. The number of hydrogen-bond acceptors (Lipinski definition) is 5. The van der Waals surface area contributed by atoms with Crippen molar-refractivity contribution in [3.8, 4) is 11.1 Å². The number of anilines is 2. The molecule has 0 spiro atoms. The molecule has 1 aromatic carbocycles. The molecule has 6 rings (SSSR count). The minimum absolute atomic E-state index is 0.126. The van der Waals surface area contributed by atoms with Crippen LogP contribution in [0.5, 0.6) is 0 Å². The fourth-order valence-electron chi connectivity index (χ4n) is 5.30. The predicted octanol–water partition coefficient (Wildman–Crippen LogP) is 2.84. The van der Waals surface area contributed by atoms with Gasteiger partial charge in [-0.3, -0.25) is 14.2 Å². The number of hydrogen-bond donors (Lipinski definition) is 0. The van der Waals surface area contributed by atoms with Crippen LogP contribution in [-0.4, -0.2) is 56.7 Å². The van der Waals surface area contributed by atoms with Crippen molar-refractivity contribution in [2.45, 2.75) is 38.8 Å². The van der Waals surface area contributed by atoms with E-state index in [9.17, 15) is 4.79 Å². The van der Waals surface area contributed by atoms with Gasteiger partial charge < -0.3 is 14.5 Å². The summed E-state index contributed by atoms with van der Waals surface area (Å²) >= 11 is 0. The summed E-state index contributed by atoms with van der Waals surface area (Å²) in [6, 6.07) is 6.95. The fraction of sp³-hybridized carbons (Fsp3) is 0.458. The van der Waals surface area contributed by atoms with E-state index in [1.165, 1.54) is 28.1 Å². The lowest BCUT2D eigenvalue weighted by Gasteiger charge is -2.28. The molecule has 0 N–H and O–H groups in total. The van der Waals surface area contributed by atoms with Crippen LogP contribution in [0.1, 0.15) is 36.2 Å². The molecule has 32 heavy (non-hydrogen) atoms. The molecule has 166 valence electrons. The molecule has 8 heteroatoms. The van der Waals surface area contributed by atoms with Crippen LogP contribution in [0.2, 0.25) is 0 Å². The molecule has 0 saturated carbocycles. The summed E-state index contributed by atoms with van der Waals surface area (Å²) in [6.45, 7) is 5.45. The number of carbonyl (C=O) groups is 1. The van der Waals surface area contributed by atoms with Gasteiger partial charge in [0.2, 0.25) is 5.91 Å². The van der Waals surface area contributed by atoms with Crippen LogP contribution in [0, 0.1) is 0 Å². The third-order valence-electron chi connectivity index (χ3n) is 7.03. The SMILES string of the molecule is CC(=O)N1CCc2c(c(N3CCc4cc(-c5cnn(C)c5)ccc43)nn2C2CCOC2)C1. The number of aryl methyl sites for hydroxylation is 1. The summed E-state index contributed by atoms with van der Waals surface area (Å²) in [5.41, 5.74) is 7.34. The van der Waals surface area contributed by atoms with Gasteiger partial charge in [0.15, 0.2) is 5.82 Å². The Morgan fingerprint density at radius 2 is 2.09 bits per heavy atom. The van der Waals surface area contributed by atoms with Crippen molar-refractivity contribution in [3.05, 3.63) is 47.4 Å². The first kappa shape index (κ1) is 19.5. The van der Waals surface area contributed by atoms with Crippen molar-refractivity contribution in [1.29, 1.82) is 0 Å². The Morgan fingerprint density at radius 3 is 2.84 bits per heavy atom. The second kappa shape index (κ2) is 7.48. The molecule has 0 aliphatic carbocycles. The molecule has 1 saturated heterocycles. The lowest BCUT2D eigenvalue weighted by atomic mass is 10.0. The van der Waals surface area contributed by atoms with Crippen LogP contribution in [0.4, 0.5) is 11.5 Å². The summed E-state index contributed by atoms with van der Waals surface area (Å²) in [7, 11) is 1.94. The quantitative estimate of drug-likeness (QED) is 0.637. The number of aromatic nitrogens is 4. The van der Waals surface area contributed by atoms with E-state index in [0.29, 0.717) is 6.54 Å². The van der Waals surface area contributed by atoms with Gasteiger partial charge in [-0.15, -0.1) is 0 Å². The van der Waals surface area contributed by atoms with E-state index >= 15 is 0 Å². The topological polar surface area (TPSA) is 68.4 Å². The van der Waals surface area contributed by atoms with Crippen LogP contribution in [0.25, 0.3) is 11.1 Å². The largest absolute Gasteiger partial charge is 0.379 e. The highest BCUT2D eigenvalue weighted by Gasteiger charge is 2.34. The molecule has 3 aliphatic rings. The highest BCUT2D eigenvalue weighted by Crippen LogP contribution is 2.41. The fourth-order valence-corrected chi connectivity index (χ4v) is 5.30. The van der Waals surface area contributed by atoms with Crippen molar-refractivity contribution in [1.82, 2.24) is 24.5 Å². The van der Waals surface area contributed by atoms with Crippen molar-refractivity contribution in [2.75, 3.05) is 31.2 Å². The van der Waals surface area contributed by atoms with Crippen molar-refractivity contribution >= 4 is 17.4 Å². The number of fused-ring (bicyclic) bond motifs is 2. The third kappa shape index (κ3) is 3.12. The molecule has 8 nitrogen and oxygen atoms in total. The Morgan fingerprint density at radius 1 is 1.19 bits per heavy atom. The summed E-state index contributed by atoms with van der Waals surface area (Å²) in [5.74, 6) is 1.13. The molecule has 2 aromatic heterocycles. The maximum atomic E-state index is 12.1. The van der Waals surface area contributed by atoms with E-state index in [1.54, 1.807) is 6.92 Å². The van der Waals surface area contributed by atoms with Crippen LogP contribution in [0.3, 0.4) is 0 Å². The highest BCUT2D eigenvalue weighted by atomic mass is 16.5. The predicted molar refractivity (Wildman–Crippen MR) is 121 cm³/mol. The molecule has 3 aliphatic heterocycles. The van der Waals surface area contributed by atoms with E-state index in [1.807, 2.05) is 29.0 Å². The van der Waals surface area contributed by atoms with Crippen LogP contribution < -0.4 is 4.90 Å². The van der Waals surface area contributed by atoms with E-state index in [0.717, 1.165) is 56.9 Å². The molecule has 1 amide bonds. The number of rotatable bonds is 3. The molecule has 1 fully saturated rings. The van der Waals surface area contributed by atoms with Crippen LogP contribution in [-0.2, 0) is 36.0 Å². The zero-order chi connectivity index (χ0) is 21.8. The van der Waals surface area contributed by atoms with Crippen molar-refractivity contribution < 1.29 is 9.53 Å². The minimum atomic E-state index is 0.126. The highest BCUT2D eigenvalue weighted by molar-refractivity contribution is 5.77. The lowest BCUT2D eigenvalue weighted by molar-refractivity contribution is -0.129. The Labute approximate surface area is 187 Å².